The molecule has 62 valence electrons. The van der Waals surface area contributed by atoms with Crippen LogP contribution >= 0.6 is 7.60 Å². The Kier molecular flexibility index (Phi) is 2.06. The highest BCUT2D eigenvalue weighted by atomic mass is 31.2. The molecule has 0 aromatic carbocycles. The van der Waals surface area contributed by atoms with Gasteiger partial charge < -0.3 is 4.52 Å². The van der Waals surface area contributed by atoms with Gasteiger partial charge in [0.25, 0.3) is 5.85 Å². The van der Waals surface area contributed by atoms with E-state index in [0.717, 1.165) is 0 Å². The quantitative estimate of drug-likeness (QED) is 0.451. The van der Waals surface area contributed by atoms with E-state index >= 15 is 0 Å². The number of hydrogen-bond donors (Lipinski definition) is 0. The van der Waals surface area contributed by atoms with Crippen LogP contribution < -0.4 is 0 Å². The average molecular weight is 178 g/mol. The maximum atomic E-state index is 13.0. The smallest absolute Gasteiger partial charge is 0.312 e. The minimum Gasteiger partial charge on any atom is -0.312 e. The summed E-state index contributed by atoms with van der Waals surface area (Å²) in [5.74, 6) is -0.400. The first-order valence-electron chi connectivity index (χ1n) is 3.06. The fourth-order valence-corrected chi connectivity index (χ4v) is 2.31. The maximum Gasteiger partial charge on any atom is 0.334 e. The first-order chi connectivity index (χ1) is 5.04. The first kappa shape index (κ1) is 8.73. The van der Waals surface area contributed by atoms with Crippen molar-refractivity contribution in [1.82, 2.24) is 0 Å². The van der Waals surface area contributed by atoms with Gasteiger partial charge in [-0.15, -0.1) is 6.42 Å². The summed E-state index contributed by atoms with van der Waals surface area (Å²) in [7, 11) is -2.00. The van der Waals surface area contributed by atoms with Crippen LogP contribution in [0.15, 0.2) is 0 Å². The van der Waals surface area contributed by atoms with Gasteiger partial charge in [0, 0.05) is 13.5 Å². The Hall–Kier alpha value is -0.360. The molecule has 1 aliphatic rings. The van der Waals surface area contributed by atoms with Crippen LogP contribution in [0.3, 0.4) is 0 Å². The van der Waals surface area contributed by atoms with E-state index < -0.39 is 13.5 Å². The second-order valence-corrected chi connectivity index (χ2v) is 4.45. The van der Waals surface area contributed by atoms with Gasteiger partial charge in [0.15, 0.2) is 0 Å². The summed E-state index contributed by atoms with van der Waals surface area (Å²) in [5, 5.41) is 0. The molecule has 1 saturated heterocycles. The summed E-state index contributed by atoms with van der Waals surface area (Å²) in [5.41, 5.74) is 0. The Morgan fingerprint density at radius 3 is 2.82 bits per heavy atom. The first-order valence-corrected chi connectivity index (χ1v) is 4.79. The second kappa shape index (κ2) is 2.60. The van der Waals surface area contributed by atoms with Gasteiger partial charge in [-0.2, -0.15) is 4.39 Å². The van der Waals surface area contributed by atoms with Crippen molar-refractivity contribution in [1.29, 1.82) is 0 Å². The molecule has 0 amide bonds. The summed E-state index contributed by atoms with van der Waals surface area (Å²) in [4.78, 5) is 0. The third-order valence-electron chi connectivity index (χ3n) is 1.48. The maximum absolute atomic E-state index is 13.0. The summed E-state index contributed by atoms with van der Waals surface area (Å²) in [6.07, 6.45) is 4.80. The highest BCUT2D eigenvalue weighted by Gasteiger charge is 2.46. The summed E-state index contributed by atoms with van der Waals surface area (Å²) >= 11 is 0. The van der Waals surface area contributed by atoms with Gasteiger partial charge in [0.2, 0.25) is 0 Å². The van der Waals surface area contributed by atoms with E-state index in [1.807, 2.05) is 0 Å². The van der Waals surface area contributed by atoms with E-state index in [0.29, 0.717) is 0 Å². The highest BCUT2D eigenvalue weighted by Crippen LogP contribution is 2.58. The molecule has 2 unspecified atom stereocenters. The molecule has 1 fully saturated rings. The molecule has 5 heteroatoms. The lowest BCUT2D eigenvalue weighted by atomic mass is 10.2. The third-order valence-corrected chi connectivity index (χ3v) is 3.38. The van der Waals surface area contributed by atoms with Crippen LogP contribution in [-0.4, -0.2) is 19.1 Å². The third kappa shape index (κ3) is 1.62. The number of terminal acetylenes is 1. The normalized spacial score (nSPS) is 43.7. The molecular weight excluding hydrogens is 170 g/mol. The molecule has 0 radical (unpaired) electrons. The second-order valence-electron chi connectivity index (χ2n) is 2.23. The summed E-state index contributed by atoms with van der Waals surface area (Å²) < 4.78 is 33.1. The fraction of sp³-hybridized carbons (Fsp3) is 0.667. The van der Waals surface area contributed by atoms with Crippen LogP contribution in [-0.2, 0) is 13.6 Å². The Morgan fingerprint density at radius 2 is 2.55 bits per heavy atom. The summed E-state index contributed by atoms with van der Waals surface area (Å²) in [6.45, 7) is 0. The lowest BCUT2D eigenvalue weighted by molar-refractivity contribution is 0.00537. The standard InChI is InChI=1S/C6H8FO3P/c1-3-6(7)4-5-11(8,9-2)10-6/h1H,4-5H2,2H3. The Morgan fingerprint density at radius 1 is 1.91 bits per heavy atom. The van der Waals surface area contributed by atoms with Crippen molar-refractivity contribution in [3.05, 3.63) is 0 Å². The van der Waals surface area contributed by atoms with E-state index in [9.17, 15) is 8.96 Å². The highest BCUT2D eigenvalue weighted by molar-refractivity contribution is 7.54. The average Bonchev–Trinajstić information content (AvgIpc) is 2.30. The van der Waals surface area contributed by atoms with Gasteiger partial charge in [-0.05, 0) is 5.92 Å². The van der Waals surface area contributed by atoms with Crippen LogP contribution in [0.2, 0.25) is 0 Å². The van der Waals surface area contributed by atoms with Crippen LogP contribution in [0.1, 0.15) is 6.42 Å². The monoisotopic (exact) mass is 178 g/mol. The van der Waals surface area contributed by atoms with Gasteiger partial charge in [0.1, 0.15) is 0 Å². The van der Waals surface area contributed by atoms with Crippen LogP contribution in [0.4, 0.5) is 4.39 Å². The molecule has 1 rings (SSSR count). The molecule has 0 N–H and O–H groups in total. The molecular formula is C6H8FO3P. The molecule has 0 aromatic heterocycles. The summed E-state index contributed by atoms with van der Waals surface area (Å²) in [6, 6.07) is 0. The number of hydrogen-bond acceptors (Lipinski definition) is 3. The molecule has 0 bridgehead atoms. The molecule has 0 aliphatic carbocycles. The van der Waals surface area contributed by atoms with Gasteiger partial charge in [-0.25, -0.2) is 0 Å². The number of alkyl halides is 1. The Labute approximate surface area is 64.4 Å². The zero-order valence-corrected chi connectivity index (χ0v) is 6.94. The van der Waals surface area contributed by atoms with E-state index in [1.165, 1.54) is 7.11 Å². The molecule has 0 aromatic rings. The van der Waals surface area contributed by atoms with Gasteiger partial charge in [-0.3, -0.25) is 9.09 Å². The largest absolute Gasteiger partial charge is 0.334 e. The van der Waals surface area contributed by atoms with E-state index in [2.05, 4.69) is 9.05 Å². The van der Waals surface area contributed by atoms with Gasteiger partial charge in [0.05, 0.1) is 6.16 Å². The van der Waals surface area contributed by atoms with E-state index in [-0.39, 0.29) is 12.6 Å². The predicted octanol–water partition coefficient (Wildman–Crippen LogP) is 1.55. The number of rotatable bonds is 1. The van der Waals surface area contributed by atoms with Crippen molar-refractivity contribution in [3.8, 4) is 12.3 Å². The molecule has 3 nitrogen and oxygen atoms in total. The lowest BCUT2D eigenvalue weighted by Gasteiger charge is -2.12. The van der Waals surface area contributed by atoms with Crippen LogP contribution in [0, 0.1) is 12.3 Å². The van der Waals surface area contributed by atoms with Crippen LogP contribution in [0.5, 0.6) is 0 Å². The van der Waals surface area contributed by atoms with Gasteiger partial charge >= 0.3 is 7.60 Å². The van der Waals surface area contributed by atoms with Gasteiger partial charge in [-0.1, -0.05) is 0 Å². The zero-order valence-electron chi connectivity index (χ0n) is 6.04. The molecule has 2 atom stereocenters. The van der Waals surface area contributed by atoms with Crippen molar-refractivity contribution < 1.29 is 18.0 Å². The van der Waals surface area contributed by atoms with Crippen molar-refractivity contribution in [2.75, 3.05) is 13.3 Å². The van der Waals surface area contributed by atoms with E-state index in [1.54, 1.807) is 5.92 Å². The van der Waals surface area contributed by atoms with Crippen molar-refractivity contribution in [2.24, 2.45) is 0 Å². The van der Waals surface area contributed by atoms with Crippen molar-refractivity contribution in [3.63, 3.8) is 0 Å². The Balaban J connectivity index is 2.76. The van der Waals surface area contributed by atoms with Crippen LogP contribution in [0.25, 0.3) is 0 Å². The fourth-order valence-electron chi connectivity index (χ4n) is 0.820. The minimum absolute atomic E-state index is 0.0458. The minimum atomic E-state index is -3.21. The SMILES string of the molecule is C#CC1(F)CCP(=O)(OC)O1. The molecule has 0 saturated carbocycles. The van der Waals surface area contributed by atoms with Crippen molar-refractivity contribution in [2.45, 2.75) is 12.3 Å². The topological polar surface area (TPSA) is 35.5 Å². The molecule has 11 heavy (non-hydrogen) atoms. The molecule has 1 aliphatic heterocycles. The molecule has 0 spiro atoms. The lowest BCUT2D eigenvalue weighted by Crippen LogP contribution is -2.16. The van der Waals surface area contributed by atoms with E-state index in [4.69, 9.17) is 6.42 Å². The van der Waals surface area contributed by atoms with Crippen molar-refractivity contribution >= 4 is 7.60 Å². The zero-order chi connectivity index (χ0) is 8.54. The Bertz CT molecular complexity index is 247. The predicted molar refractivity (Wildman–Crippen MR) is 37.9 cm³/mol. The number of halogens is 1. The molecule has 1 heterocycles.